The van der Waals surface area contributed by atoms with Gasteiger partial charge in [-0.3, -0.25) is 9.20 Å². The highest BCUT2D eigenvalue weighted by atomic mass is 32.2. The van der Waals surface area contributed by atoms with Crippen LogP contribution in [-0.4, -0.2) is 47.1 Å². The normalized spacial score (nSPS) is 21.0. The number of nitrogens with zero attached hydrogens (tertiary/aromatic N) is 2. The molecule has 15 heavy (non-hydrogen) atoms. The quantitative estimate of drug-likeness (QED) is 0.634. The van der Waals surface area contributed by atoms with Crippen LogP contribution in [0.25, 0.3) is 0 Å². The fraction of sp³-hybridized carbons (Fsp3) is 0.909. The van der Waals surface area contributed by atoms with Crippen molar-refractivity contribution in [3.63, 3.8) is 0 Å². The van der Waals surface area contributed by atoms with Gasteiger partial charge < -0.3 is 4.90 Å². The number of fused-ring (bicyclic) bond motifs is 1. The second kappa shape index (κ2) is 6.99. The molecule has 0 aliphatic carbocycles. The molecule has 0 saturated carbocycles. The van der Waals surface area contributed by atoms with Gasteiger partial charge in [-0.1, -0.05) is 6.42 Å². The minimum Gasteiger partial charge on any atom is -0.360 e. The van der Waals surface area contributed by atoms with Gasteiger partial charge in [-0.25, -0.2) is 0 Å². The van der Waals surface area contributed by atoms with E-state index in [0.717, 1.165) is 6.54 Å². The van der Waals surface area contributed by atoms with Crippen molar-refractivity contribution in [2.24, 2.45) is 4.99 Å². The summed E-state index contributed by atoms with van der Waals surface area (Å²) >= 11 is 0. The molecule has 88 valence electrons. The van der Waals surface area contributed by atoms with E-state index in [4.69, 9.17) is 0 Å². The topological polar surface area (TPSA) is 32.7 Å². The molecule has 0 amide bonds. The van der Waals surface area contributed by atoms with E-state index in [1.165, 1.54) is 51.0 Å². The third-order valence-corrected chi connectivity index (χ3v) is 2.57. The molecule has 3 nitrogen and oxygen atoms in total. The minimum absolute atomic E-state index is 0.611. The summed E-state index contributed by atoms with van der Waals surface area (Å²) in [5.74, 6) is 1.40. The van der Waals surface area contributed by atoms with E-state index in [2.05, 4.69) is 9.89 Å². The molecular formula is C11H22N2OS. The third-order valence-electron chi connectivity index (χ3n) is 2.57. The van der Waals surface area contributed by atoms with Crippen molar-refractivity contribution < 1.29 is 4.21 Å². The predicted octanol–water partition coefficient (Wildman–Crippen LogP) is 1.66. The van der Waals surface area contributed by atoms with Crippen molar-refractivity contribution in [2.75, 3.05) is 32.1 Å². The average Bonchev–Trinajstić information content (AvgIpc) is 2.41. The molecule has 0 aromatic rings. The van der Waals surface area contributed by atoms with Gasteiger partial charge in [0, 0.05) is 49.4 Å². The Kier molecular flexibility index (Phi) is 5.91. The largest absolute Gasteiger partial charge is 0.360 e. The zero-order valence-electron chi connectivity index (χ0n) is 9.87. The molecule has 0 aromatic carbocycles. The second-order valence-corrected chi connectivity index (χ2v) is 5.67. The van der Waals surface area contributed by atoms with Gasteiger partial charge in [0.15, 0.2) is 0 Å². The van der Waals surface area contributed by atoms with Crippen molar-refractivity contribution in [3.8, 4) is 0 Å². The van der Waals surface area contributed by atoms with Crippen molar-refractivity contribution in [3.05, 3.63) is 0 Å². The first kappa shape index (κ1) is 12.7. The van der Waals surface area contributed by atoms with Crippen LogP contribution in [0.3, 0.4) is 0 Å². The second-order valence-electron chi connectivity index (χ2n) is 4.19. The zero-order valence-corrected chi connectivity index (χ0v) is 10.7. The molecule has 4 heteroatoms. The van der Waals surface area contributed by atoms with E-state index >= 15 is 0 Å². The molecule has 2 heterocycles. The summed E-state index contributed by atoms with van der Waals surface area (Å²) in [6, 6.07) is 0. The molecule has 2 aliphatic heterocycles. The van der Waals surface area contributed by atoms with E-state index in [-0.39, 0.29) is 0 Å². The number of amidine groups is 1. The fourth-order valence-electron chi connectivity index (χ4n) is 1.94. The molecule has 0 radical (unpaired) electrons. The van der Waals surface area contributed by atoms with Crippen LogP contribution >= 0.6 is 0 Å². The molecule has 2 rings (SSSR count). The average molecular weight is 230 g/mol. The maximum absolute atomic E-state index is 9.56. The van der Waals surface area contributed by atoms with E-state index in [1.807, 2.05) is 0 Å². The van der Waals surface area contributed by atoms with Gasteiger partial charge in [-0.2, -0.15) is 0 Å². The third kappa shape index (κ3) is 5.30. The maximum Gasteiger partial charge on any atom is 0.0988 e. The van der Waals surface area contributed by atoms with Crippen LogP contribution < -0.4 is 0 Å². The zero-order chi connectivity index (χ0) is 11.1. The van der Waals surface area contributed by atoms with Crippen LogP contribution in [0.2, 0.25) is 0 Å². The van der Waals surface area contributed by atoms with Crippen molar-refractivity contribution in [1.82, 2.24) is 4.90 Å². The molecule has 1 fully saturated rings. The van der Waals surface area contributed by atoms with Crippen LogP contribution in [-0.2, 0) is 10.8 Å². The van der Waals surface area contributed by atoms with E-state index in [9.17, 15) is 4.21 Å². The molecule has 0 atom stereocenters. The highest BCUT2D eigenvalue weighted by molar-refractivity contribution is 7.83. The van der Waals surface area contributed by atoms with E-state index < -0.39 is 10.8 Å². The van der Waals surface area contributed by atoms with Crippen LogP contribution in [0.4, 0.5) is 0 Å². The lowest BCUT2D eigenvalue weighted by atomic mass is 10.2. The summed E-state index contributed by atoms with van der Waals surface area (Å²) in [5, 5.41) is 0. The molecule has 0 unspecified atom stereocenters. The number of hydrogen-bond donors (Lipinski definition) is 0. The van der Waals surface area contributed by atoms with Crippen LogP contribution in [0, 0.1) is 0 Å². The lowest BCUT2D eigenvalue weighted by Gasteiger charge is -2.27. The summed E-state index contributed by atoms with van der Waals surface area (Å²) in [5.41, 5.74) is 0. The van der Waals surface area contributed by atoms with Crippen LogP contribution in [0.1, 0.15) is 32.1 Å². The Hall–Kier alpha value is -0.380. The van der Waals surface area contributed by atoms with Crippen molar-refractivity contribution >= 4 is 16.6 Å². The van der Waals surface area contributed by atoms with Crippen LogP contribution in [0.5, 0.6) is 0 Å². The van der Waals surface area contributed by atoms with Gasteiger partial charge in [0.1, 0.15) is 0 Å². The lowest BCUT2D eigenvalue weighted by Crippen LogP contribution is -2.34. The van der Waals surface area contributed by atoms with E-state index in [1.54, 1.807) is 12.5 Å². The van der Waals surface area contributed by atoms with E-state index in [0.29, 0.717) is 0 Å². The highest BCUT2D eigenvalue weighted by Crippen LogP contribution is 2.15. The number of aliphatic imine (C=N–C) groups is 1. The van der Waals surface area contributed by atoms with Gasteiger partial charge in [0.2, 0.25) is 0 Å². The Bertz CT molecular complexity index is 237. The number of rotatable bonds is 0. The molecule has 0 aromatic heterocycles. The molecular weight excluding hydrogens is 208 g/mol. The summed E-state index contributed by atoms with van der Waals surface area (Å²) in [6.07, 6.45) is 9.91. The fourth-order valence-corrected chi connectivity index (χ4v) is 1.94. The summed E-state index contributed by atoms with van der Waals surface area (Å²) in [6.45, 7) is 3.60. The van der Waals surface area contributed by atoms with Gasteiger partial charge in [0.25, 0.3) is 0 Å². The Morgan fingerprint density at radius 2 is 1.80 bits per heavy atom. The van der Waals surface area contributed by atoms with Crippen LogP contribution in [0.15, 0.2) is 4.99 Å². The molecule has 0 N–H and O–H groups in total. The Morgan fingerprint density at radius 1 is 1.13 bits per heavy atom. The Labute approximate surface area is 95.4 Å². The summed E-state index contributed by atoms with van der Waals surface area (Å²) in [7, 11) is -0.611. The SMILES string of the molecule is C1CCC2=NCCCN2CC1.CS(C)=O. The Morgan fingerprint density at radius 3 is 2.53 bits per heavy atom. The van der Waals surface area contributed by atoms with Gasteiger partial charge in [0.05, 0.1) is 5.84 Å². The minimum atomic E-state index is -0.611. The first-order chi connectivity index (χ1) is 7.20. The van der Waals surface area contributed by atoms with Gasteiger partial charge in [-0.05, 0) is 19.3 Å². The maximum atomic E-state index is 9.56. The van der Waals surface area contributed by atoms with Gasteiger partial charge in [-0.15, -0.1) is 0 Å². The smallest absolute Gasteiger partial charge is 0.0988 e. The standard InChI is InChI=1S/C9H16N2.C2H6OS/c1-2-5-9-10-6-4-8-11(9)7-3-1;1-4(2)3/h1-8H2;1-2H3. The lowest BCUT2D eigenvalue weighted by molar-refractivity contribution is 0.391. The monoisotopic (exact) mass is 230 g/mol. The number of hydrogen-bond acceptors (Lipinski definition) is 3. The summed E-state index contributed by atoms with van der Waals surface area (Å²) < 4.78 is 9.56. The van der Waals surface area contributed by atoms with Gasteiger partial charge >= 0.3 is 0 Å². The summed E-state index contributed by atoms with van der Waals surface area (Å²) in [4.78, 5) is 7.04. The highest BCUT2D eigenvalue weighted by Gasteiger charge is 2.16. The van der Waals surface area contributed by atoms with Crippen molar-refractivity contribution in [1.29, 1.82) is 0 Å². The first-order valence-corrected chi connectivity index (χ1v) is 7.70. The first-order valence-electron chi connectivity index (χ1n) is 5.73. The molecule has 1 saturated heterocycles. The predicted molar refractivity (Wildman–Crippen MR) is 67.0 cm³/mol. The molecule has 0 bridgehead atoms. The van der Waals surface area contributed by atoms with Crippen molar-refractivity contribution in [2.45, 2.75) is 32.1 Å². The Balaban J connectivity index is 0.000000245. The molecule has 2 aliphatic rings. The molecule has 0 spiro atoms.